The molecule has 0 aliphatic carbocycles. The average Bonchev–Trinajstić information content (AvgIpc) is 2.72. The first-order chi connectivity index (χ1) is 9.06. The van der Waals surface area contributed by atoms with Gasteiger partial charge in [-0.1, -0.05) is 0 Å². The van der Waals surface area contributed by atoms with Crippen molar-refractivity contribution in [3.05, 3.63) is 31.3 Å². The van der Waals surface area contributed by atoms with E-state index in [9.17, 15) is 18.8 Å². The minimum Gasteiger partial charge on any atom is -0.297 e. The fourth-order valence-electron chi connectivity index (χ4n) is 2.08. The van der Waals surface area contributed by atoms with Crippen molar-refractivity contribution in [2.75, 3.05) is 6.67 Å². The van der Waals surface area contributed by atoms with E-state index in [-0.39, 0.29) is 13.1 Å². The molecule has 7 heteroatoms. The van der Waals surface area contributed by atoms with Crippen LogP contribution in [0.5, 0.6) is 0 Å². The molecular weight excluding hydrogens is 271 g/mol. The fourth-order valence-corrected chi connectivity index (χ4v) is 3.22. The molecule has 0 aromatic carbocycles. The van der Waals surface area contributed by atoms with E-state index in [1.165, 1.54) is 4.57 Å². The molecule has 2 heterocycles. The predicted molar refractivity (Wildman–Crippen MR) is 72.1 cm³/mol. The lowest BCUT2D eigenvalue weighted by Gasteiger charge is -2.08. The van der Waals surface area contributed by atoms with Crippen LogP contribution >= 0.6 is 11.3 Å². The number of carbonyl (C=O) groups is 1. The van der Waals surface area contributed by atoms with Gasteiger partial charge in [0.1, 0.15) is 11.5 Å². The van der Waals surface area contributed by atoms with Gasteiger partial charge in [0, 0.05) is 6.54 Å². The summed E-state index contributed by atoms with van der Waals surface area (Å²) in [4.78, 5) is 36.1. The lowest BCUT2D eigenvalue weighted by molar-refractivity contribution is 0.112. The van der Waals surface area contributed by atoms with Gasteiger partial charge < -0.3 is 0 Å². The maximum Gasteiger partial charge on any atom is 0.332 e. The van der Waals surface area contributed by atoms with Crippen LogP contribution in [0.15, 0.2) is 9.59 Å². The van der Waals surface area contributed by atoms with Gasteiger partial charge in [-0.05, 0) is 19.4 Å². The number of aryl methyl sites for hydroxylation is 2. The van der Waals surface area contributed by atoms with Crippen LogP contribution in [0.2, 0.25) is 0 Å². The summed E-state index contributed by atoms with van der Waals surface area (Å²) in [6, 6.07) is 0. The lowest BCUT2D eigenvalue weighted by Crippen LogP contribution is -2.39. The van der Waals surface area contributed by atoms with Crippen LogP contribution in [0, 0.1) is 6.92 Å². The third-order valence-corrected chi connectivity index (χ3v) is 4.30. The SMILES string of the molecule is CCn1c(=O)c2c(C)c(C=O)sc2n(CCF)c1=O. The second kappa shape index (κ2) is 5.08. The Kier molecular flexibility index (Phi) is 3.66. The number of halogens is 1. The number of fused-ring (bicyclic) bond motifs is 1. The molecule has 0 bridgehead atoms. The monoisotopic (exact) mass is 284 g/mol. The van der Waals surface area contributed by atoms with Crippen molar-refractivity contribution in [3.8, 4) is 0 Å². The van der Waals surface area contributed by atoms with Crippen LogP contribution in [-0.2, 0) is 13.1 Å². The summed E-state index contributed by atoms with van der Waals surface area (Å²) < 4.78 is 14.9. The van der Waals surface area contributed by atoms with Gasteiger partial charge in [0.15, 0.2) is 6.29 Å². The van der Waals surface area contributed by atoms with E-state index >= 15 is 0 Å². The van der Waals surface area contributed by atoms with Crippen molar-refractivity contribution in [1.29, 1.82) is 0 Å². The van der Waals surface area contributed by atoms with E-state index < -0.39 is 17.9 Å². The van der Waals surface area contributed by atoms with Crippen molar-refractivity contribution < 1.29 is 9.18 Å². The fraction of sp³-hybridized carbons (Fsp3) is 0.417. The second-order valence-electron chi connectivity index (χ2n) is 4.06. The van der Waals surface area contributed by atoms with Crippen molar-refractivity contribution in [3.63, 3.8) is 0 Å². The number of hydrogen-bond donors (Lipinski definition) is 0. The first kappa shape index (κ1) is 13.7. The van der Waals surface area contributed by atoms with Gasteiger partial charge in [-0.25, -0.2) is 9.18 Å². The van der Waals surface area contributed by atoms with Crippen LogP contribution < -0.4 is 11.2 Å². The molecule has 19 heavy (non-hydrogen) atoms. The van der Waals surface area contributed by atoms with Crippen molar-refractivity contribution >= 4 is 27.8 Å². The number of carbonyl (C=O) groups excluding carboxylic acids is 1. The molecule has 0 aliphatic heterocycles. The molecule has 0 amide bonds. The summed E-state index contributed by atoms with van der Waals surface area (Å²) in [5, 5.41) is 0.335. The standard InChI is InChI=1S/C12H13FN2O3S/c1-3-14-10(17)9-7(2)8(6-16)19-11(9)15(5-4-13)12(14)18/h6H,3-5H2,1-2H3. The van der Waals surface area contributed by atoms with E-state index in [0.29, 0.717) is 26.9 Å². The zero-order chi connectivity index (χ0) is 14.2. The highest BCUT2D eigenvalue weighted by atomic mass is 32.1. The number of alkyl halides is 1. The average molecular weight is 284 g/mol. The van der Waals surface area contributed by atoms with E-state index in [0.717, 1.165) is 15.9 Å². The molecule has 2 rings (SSSR count). The van der Waals surface area contributed by atoms with Gasteiger partial charge in [-0.15, -0.1) is 11.3 Å². The third kappa shape index (κ3) is 1.94. The molecule has 0 fully saturated rings. The molecule has 0 radical (unpaired) electrons. The molecule has 0 saturated carbocycles. The highest BCUT2D eigenvalue weighted by molar-refractivity contribution is 7.20. The Labute approximate surface area is 111 Å². The highest BCUT2D eigenvalue weighted by Crippen LogP contribution is 2.26. The van der Waals surface area contributed by atoms with Crippen LogP contribution in [0.4, 0.5) is 4.39 Å². The van der Waals surface area contributed by atoms with Crippen LogP contribution in [0.3, 0.4) is 0 Å². The van der Waals surface area contributed by atoms with Crippen molar-refractivity contribution in [2.45, 2.75) is 26.9 Å². The number of hydrogen-bond acceptors (Lipinski definition) is 4. The lowest BCUT2D eigenvalue weighted by atomic mass is 10.2. The summed E-state index contributed by atoms with van der Waals surface area (Å²) in [7, 11) is 0. The molecule has 2 aromatic rings. The smallest absolute Gasteiger partial charge is 0.297 e. The van der Waals surface area contributed by atoms with E-state index in [4.69, 9.17) is 0 Å². The molecule has 102 valence electrons. The van der Waals surface area contributed by atoms with E-state index in [1.807, 2.05) is 0 Å². The topological polar surface area (TPSA) is 61.1 Å². The van der Waals surface area contributed by atoms with E-state index in [1.54, 1.807) is 13.8 Å². The molecule has 0 saturated heterocycles. The predicted octanol–water partition coefficient (Wildman–Crippen LogP) is 1.34. The zero-order valence-corrected chi connectivity index (χ0v) is 11.4. The number of nitrogens with zero attached hydrogens (tertiary/aromatic N) is 2. The summed E-state index contributed by atoms with van der Waals surface area (Å²) in [6.45, 7) is 2.73. The number of thiophene rings is 1. The van der Waals surface area contributed by atoms with Crippen LogP contribution in [0.25, 0.3) is 10.2 Å². The Bertz CT molecular complexity index is 757. The number of aromatic nitrogens is 2. The molecular formula is C12H13FN2O3S. The largest absolute Gasteiger partial charge is 0.332 e. The minimum absolute atomic E-state index is 0.117. The molecule has 0 unspecified atom stereocenters. The number of aldehydes is 1. The molecule has 0 atom stereocenters. The summed E-state index contributed by atoms with van der Waals surface area (Å²) in [5.41, 5.74) is -0.398. The normalized spacial score (nSPS) is 11.1. The molecule has 0 aliphatic rings. The zero-order valence-electron chi connectivity index (χ0n) is 10.6. The van der Waals surface area contributed by atoms with Gasteiger partial charge in [-0.2, -0.15) is 0 Å². The molecule has 0 spiro atoms. The Morgan fingerprint density at radius 2 is 2.00 bits per heavy atom. The van der Waals surface area contributed by atoms with Gasteiger partial charge in [0.05, 0.1) is 16.8 Å². The maximum absolute atomic E-state index is 12.6. The van der Waals surface area contributed by atoms with Crippen LogP contribution in [-0.4, -0.2) is 22.1 Å². The second-order valence-corrected chi connectivity index (χ2v) is 5.09. The third-order valence-electron chi connectivity index (χ3n) is 3.06. The molecule has 2 aromatic heterocycles. The summed E-state index contributed by atoms with van der Waals surface area (Å²) in [6.07, 6.45) is 0.653. The summed E-state index contributed by atoms with van der Waals surface area (Å²) in [5.74, 6) is 0. The van der Waals surface area contributed by atoms with Gasteiger partial charge in [0.25, 0.3) is 5.56 Å². The van der Waals surface area contributed by atoms with Gasteiger partial charge in [-0.3, -0.25) is 18.7 Å². The Morgan fingerprint density at radius 3 is 2.53 bits per heavy atom. The highest BCUT2D eigenvalue weighted by Gasteiger charge is 2.18. The summed E-state index contributed by atoms with van der Waals surface area (Å²) >= 11 is 1.05. The van der Waals surface area contributed by atoms with Crippen molar-refractivity contribution in [1.82, 2.24) is 9.13 Å². The first-order valence-electron chi connectivity index (χ1n) is 5.84. The Morgan fingerprint density at radius 1 is 1.32 bits per heavy atom. The maximum atomic E-state index is 12.6. The Balaban J connectivity index is 3.04. The minimum atomic E-state index is -0.704. The molecule has 0 N–H and O–H groups in total. The first-order valence-corrected chi connectivity index (χ1v) is 6.66. The quantitative estimate of drug-likeness (QED) is 0.796. The van der Waals surface area contributed by atoms with Gasteiger partial charge in [0.2, 0.25) is 0 Å². The number of rotatable bonds is 4. The van der Waals surface area contributed by atoms with E-state index in [2.05, 4.69) is 0 Å². The van der Waals surface area contributed by atoms with Crippen molar-refractivity contribution in [2.24, 2.45) is 0 Å². The van der Waals surface area contributed by atoms with Gasteiger partial charge >= 0.3 is 5.69 Å². The Hall–Kier alpha value is -1.76. The van der Waals surface area contributed by atoms with Crippen LogP contribution in [0.1, 0.15) is 22.2 Å². The molecule has 5 nitrogen and oxygen atoms in total.